The lowest BCUT2D eigenvalue weighted by atomic mass is 10.0. The zero-order valence-electron chi connectivity index (χ0n) is 14.2. The van der Waals surface area contributed by atoms with Gasteiger partial charge in [0.1, 0.15) is 0 Å². The SMILES string of the molecule is CCNc1cnc2ccc(-c3nc[nH]c3-c3cccc(C)n3)cc2c1. The Bertz CT molecular complexity index is 1040. The van der Waals surface area contributed by atoms with Crippen LogP contribution >= 0.6 is 0 Å². The number of benzene rings is 1. The van der Waals surface area contributed by atoms with Crippen LogP contribution in [0.2, 0.25) is 0 Å². The Labute approximate surface area is 146 Å². The number of aryl methyl sites for hydroxylation is 1. The van der Waals surface area contributed by atoms with E-state index in [1.807, 2.05) is 37.4 Å². The van der Waals surface area contributed by atoms with Crippen molar-refractivity contribution >= 4 is 16.6 Å². The van der Waals surface area contributed by atoms with Crippen LogP contribution in [0.4, 0.5) is 5.69 Å². The van der Waals surface area contributed by atoms with E-state index in [9.17, 15) is 0 Å². The van der Waals surface area contributed by atoms with E-state index in [1.165, 1.54) is 0 Å². The van der Waals surface area contributed by atoms with Gasteiger partial charge < -0.3 is 10.3 Å². The number of nitrogens with one attached hydrogen (secondary N) is 2. The average molecular weight is 329 g/mol. The van der Waals surface area contributed by atoms with E-state index in [2.05, 4.69) is 50.4 Å². The number of aromatic amines is 1. The smallest absolute Gasteiger partial charge is 0.0977 e. The van der Waals surface area contributed by atoms with Crippen LogP contribution in [-0.2, 0) is 0 Å². The van der Waals surface area contributed by atoms with Crippen molar-refractivity contribution < 1.29 is 0 Å². The minimum Gasteiger partial charge on any atom is -0.384 e. The molecule has 0 saturated heterocycles. The molecular weight excluding hydrogens is 310 g/mol. The highest BCUT2D eigenvalue weighted by molar-refractivity contribution is 5.88. The van der Waals surface area contributed by atoms with Crippen LogP contribution in [0, 0.1) is 6.92 Å². The summed E-state index contributed by atoms with van der Waals surface area (Å²) in [6.45, 7) is 4.93. The van der Waals surface area contributed by atoms with Crippen molar-refractivity contribution in [3.63, 3.8) is 0 Å². The van der Waals surface area contributed by atoms with Crippen LogP contribution in [0.5, 0.6) is 0 Å². The summed E-state index contributed by atoms with van der Waals surface area (Å²) in [7, 11) is 0. The third kappa shape index (κ3) is 2.96. The minimum atomic E-state index is 0.870. The van der Waals surface area contributed by atoms with Gasteiger partial charge in [-0.15, -0.1) is 0 Å². The van der Waals surface area contributed by atoms with Gasteiger partial charge in [-0.3, -0.25) is 9.97 Å². The first-order chi connectivity index (χ1) is 12.2. The van der Waals surface area contributed by atoms with Gasteiger partial charge >= 0.3 is 0 Å². The molecule has 0 aliphatic carbocycles. The molecule has 0 aliphatic rings. The normalized spacial score (nSPS) is 11.0. The van der Waals surface area contributed by atoms with Crippen molar-refractivity contribution in [2.75, 3.05) is 11.9 Å². The maximum atomic E-state index is 4.61. The fourth-order valence-corrected chi connectivity index (χ4v) is 2.97. The number of pyridine rings is 2. The quantitative estimate of drug-likeness (QED) is 0.581. The molecule has 25 heavy (non-hydrogen) atoms. The fraction of sp³-hybridized carbons (Fsp3) is 0.150. The van der Waals surface area contributed by atoms with E-state index < -0.39 is 0 Å². The standard InChI is InChI=1S/C20H19N5/c1-3-21-16-10-15-9-14(7-8-17(15)22-11-16)19-20(24-12-23-19)18-6-4-5-13(2)25-18/h4-12,21H,3H2,1-2H3,(H,23,24). The number of aromatic nitrogens is 4. The second kappa shape index (κ2) is 6.36. The van der Waals surface area contributed by atoms with Gasteiger partial charge in [0.2, 0.25) is 0 Å². The van der Waals surface area contributed by atoms with Gasteiger partial charge in [-0.2, -0.15) is 0 Å². The Kier molecular flexibility index (Phi) is 3.90. The molecule has 0 aliphatic heterocycles. The van der Waals surface area contributed by atoms with Crippen molar-refractivity contribution in [2.24, 2.45) is 0 Å². The molecule has 1 aromatic carbocycles. The second-order valence-electron chi connectivity index (χ2n) is 5.95. The lowest BCUT2D eigenvalue weighted by molar-refractivity contribution is 1.19. The summed E-state index contributed by atoms with van der Waals surface area (Å²) in [5, 5.41) is 4.39. The van der Waals surface area contributed by atoms with E-state index in [1.54, 1.807) is 6.33 Å². The molecule has 0 saturated carbocycles. The maximum Gasteiger partial charge on any atom is 0.0977 e. The molecule has 0 atom stereocenters. The minimum absolute atomic E-state index is 0.870. The molecule has 5 heteroatoms. The molecule has 124 valence electrons. The number of hydrogen-bond acceptors (Lipinski definition) is 4. The van der Waals surface area contributed by atoms with Crippen LogP contribution in [-0.4, -0.2) is 26.5 Å². The molecule has 0 radical (unpaired) electrons. The van der Waals surface area contributed by atoms with E-state index in [0.29, 0.717) is 0 Å². The summed E-state index contributed by atoms with van der Waals surface area (Å²) in [5.41, 5.74) is 6.74. The Hall–Kier alpha value is -3.21. The number of imidazole rings is 1. The molecule has 2 N–H and O–H groups in total. The Morgan fingerprint density at radius 3 is 2.84 bits per heavy atom. The first kappa shape index (κ1) is 15.3. The second-order valence-corrected chi connectivity index (χ2v) is 5.95. The van der Waals surface area contributed by atoms with Gasteiger partial charge in [0, 0.05) is 23.2 Å². The number of hydrogen-bond donors (Lipinski definition) is 2. The lowest BCUT2D eigenvalue weighted by Crippen LogP contribution is -1.97. The topological polar surface area (TPSA) is 66.5 Å². The highest BCUT2D eigenvalue weighted by atomic mass is 14.9. The molecule has 0 spiro atoms. The molecule has 0 fully saturated rings. The number of fused-ring (bicyclic) bond motifs is 1. The molecule has 4 aromatic rings. The van der Waals surface area contributed by atoms with Gasteiger partial charge in [-0.1, -0.05) is 12.1 Å². The van der Waals surface area contributed by atoms with Crippen molar-refractivity contribution in [3.05, 3.63) is 60.7 Å². The number of anilines is 1. The number of H-pyrrole nitrogens is 1. The predicted octanol–water partition coefficient (Wildman–Crippen LogP) is 4.43. The van der Waals surface area contributed by atoms with Gasteiger partial charge in [-0.25, -0.2) is 4.98 Å². The molecular formula is C20H19N5. The van der Waals surface area contributed by atoms with Crippen molar-refractivity contribution in [3.8, 4) is 22.6 Å². The summed E-state index contributed by atoms with van der Waals surface area (Å²) < 4.78 is 0. The van der Waals surface area contributed by atoms with Gasteiger partial charge in [0.25, 0.3) is 0 Å². The Morgan fingerprint density at radius 1 is 1.08 bits per heavy atom. The van der Waals surface area contributed by atoms with E-state index >= 15 is 0 Å². The summed E-state index contributed by atoms with van der Waals surface area (Å²) in [6.07, 6.45) is 3.58. The monoisotopic (exact) mass is 329 g/mol. The van der Waals surface area contributed by atoms with E-state index in [4.69, 9.17) is 0 Å². The van der Waals surface area contributed by atoms with Gasteiger partial charge in [0.15, 0.2) is 0 Å². The summed E-state index contributed by atoms with van der Waals surface area (Å²) in [4.78, 5) is 16.9. The maximum absolute atomic E-state index is 4.61. The first-order valence-corrected chi connectivity index (χ1v) is 8.36. The van der Waals surface area contributed by atoms with Crippen LogP contribution in [0.25, 0.3) is 33.5 Å². The zero-order chi connectivity index (χ0) is 17.2. The summed E-state index contributed by atoms with van der Waals surface area (Å²) >= 11 is 0. The zero-order valence-corrected chi connectivity index (χ0v) is 14.2. The molecule has 3 aromatic heterocycles. The van der Waals surface area contributed by atoms with Crippen LogP contribution in [0.1, 0.15) is 12.6 Å². The molecule has 3 heterocycles. The first-order valence-electron chi connectivity index (χ1n) is 8.36. The molecule has 0 unspecified atom stereocenters. The number of nitrogens with zero attached hydrogens (tertiary/aromatic N) is 3. The van der Waals surface area contributed by atoms with Crippen molar-refractivity contribution in [2.45, 2.75) is 13.8 Å². The highest BCUT2D eigenvalue weighted by Gasteiger charge is 2.12. The summed E-state index contributed by atoms with van der Waals surface area (Å²) in [6, 6.07) is 14.3. The Morgan fingerprint density at radius 2 is 2.00 bits per heavy atom. The molecule has 0 bridgehead atoms. The average Bonchev–Trinajstić information content (AvgIpc) is 3.11. The van der Waals surface area contributed by atoms with Crippen LogP contribution in [0.15, 0.2) is 55.0 Å². The van der Waals surface area contributed by atoms with Gasteiger partial charge in [-0.05, 0) is 44.2 Å². The predicted molar refractivity (Wildman–Crippen MR) is 101 cm³/mol. The van der Waals surface area contributed by atoms with Crippen LogP contribution < -0.4 is 5.32 Å². The van der Waals surface area contributed by atoms with E-state index in [0.717, 1.165) is 51.5 Å². The molecule has 5 nitrogen and oxygen atoms in total. The number of rotatable bonds is 4. The Balaban J connectivity index is 1.81. The van der Waals surface area contributed by atoms with Crippen LogP contribution in [0.3, 0.4) is 0 Å². The third-order valence-corrected chi connectivity index (χ3v) is 4.12. The lowest BCUT2D eigenvalue weighted by Gasteiger charge is -2.07. The van der Waals surface area contributed by atoms with Crippen molar-refractivity contribution in [1.82, 2.24) is 19.9 Å². The summed E-state index contributed by atoms with van der Waals surface area (Å²) in [5.74, 6) is 0. The highest BCUT2D eigenvalue weighted by Crippen LogP contribution is 2.30. The van der Waals surface area contributed by atoms with Gasteiger partial charge in [0.05, 0.1) is 40.8 Å². The largest absolute Gasteiger partial charge is 0.384 e. The molecule has 0 amide bonds. The van der Waals surface area contributed by atoms with Crippen molar-refractivity contribution in [1.29, 1.82) is 0 Å². The van der Waals surface area contributed by atoms with E-state index in [-0.39, 0.29) is 0 Å². The third-order valence-electron chi connectivity index (χ3n) is 4.12. The molecule has 4 rings (SSSR count). The fourth-order valence-electron chi connectivity index (χ4n) is 2.97.